The summed E-state index contributed by atoms with van der Waals surface area (Å²) in [4.78, 5) is 25.4. The highest BCUT2D eigenvalue weighted by Crippen LogP contribution is 2.23. The van der Waals surface area contributed by atoms with Crippen molar-refractivity contribution in [2.45, 2.75) is 32.5 Å². The predicted octanol–water partition coefficient (Wildman–Crippen LogP) is 2.76. The lowest BCUT2D eigenvalue weighted by Gasteiger charge is -2.33. The quantitative estimate of drug-likeness (QED) is 0.825. The molecule has 1 atom stereocenters. The van der Waals surface area contributed by atoms with E-state index in [0.717, 1.165) is 5.56 Å². The van der Waals surface area contributed by atoms with Gasteiger partial charge in [0, 0.05) is 18.1 Å². The van der Waals surface area contributed by atoms with Gasteiger partial charge in [-0.3, -0.25) is 4.79 Å². The highest BCUT2D eigenvalue weighted by atomic mass is 35.5. The number of halogens is 1. The second kappa shape index (κ2) is 8.89. The van der Waals surface area contributed by atoms with Crippen molar-refractivity contribution in [2.24, 2.45) is 0 Å². The minimum atomic E-state index is -0.314. The molecule has 0 bridgehead atoms. The first-order chi connectivity index (χ1) is 11.5. The molecule has 1 fully saturated rings. The average Bonchev–Trinajstić information content (AvgIpc) is 2.55. The first-order valence-electron chi connectivity index (χ1n) is 8.05. The fraction of sp³-hybridized carbons (Fsp3) is 0.529. The zero-order valence-electron chi connectivity index (χ0n) is 14.0. The topological polar surface area (TPSA) is 67.9 Å². The minimum Gasteiger partial charge on any atom is -0.463 e. The third-order valence-corrected chi connectivity index (χ3v) is 3.82. The molecule has 132 valence electrons. The van der Waals surface area contributed by atoms with E-state index >= 15 is 0 Å². The Balaban J connectivity index is 1.80. The van der Waals surface area contributed by atoms with Gasteiger partial charge in [-0.25, -0.2) is 4.79 Å². The Morgan fingerprint density at radius 3 is 2.75 bits per heavy atom. The summed E-state index contributed by atoms with van der Waals surface area (Å²) in [5.74, 6) is -0.314. The van der Waals surface area contributed by atoms with Crippen molar-refractivity contribution in [1.29, 1.82) is 0 Å². The second-order valence-electron chi connectivity index (χ2n) is 5.88. The summed E-state index contributed by atoms with van der Waals surface area (Å²) in [6.45, 7) is 5.29. The van der Waals surface area contributed by atoms with Crippen molar-refractivity contribution in [3.05, 3.63) is 34.9 Å². The summed E-state index contributed by atoms with van der Waals surface area (Å²) in [6, 6.07) is 7.21. The molecule has 0 saturated carbocycles. The van der Waals surface area contributed by atoms with E-state index < -0.39 is 0 Å². The number of nitrogens with one attached hydrogen (secondary N) is 1. The number of hydrogen-bond acceptors (Lipinski definition) is 4. The molecule has 1 aromatic rings. The van der Waals surface area contributed by atoms with E-state index in [0.29, 0.717) is 24.7 Å². The highest BCUT2D eigenvalue weighted by molar-refractivity contribution is 6.30. The van der Waals surface area contributed by atoms with Crippen molar-refractivity contribution in [3.63, 3.8) is 0 Å². The maximum Gasteiger partial charge on any atom is 0.317 e. The number of ether oxygens (including phenoxy) is 2. The molecule has 1 aliphatic heterocycles. The number of urea groups is 1. The van der Waals surface area contributed by atoms with Crippen LogP contribution in [-0.4, -0.2) is 49.2 Å². The van der Waals surface area contributed by atoms with Crippen LogP contribution in [0, 0.1) is 0 Å². The number of carbonyl (C=O) groups excluding carboxylic acids is 2. The molecular formula is C17H23ClN2O4. The molecule has 1 N–H and O–H groups in total. The third-order valence-electron chi connectivity index (χ3n) is 3.57. The molecule has 6 nitrogen and oxygen atoms in total. The summed E-state index contributed by atoms with van der Waals surface area (Å²) in [7, 11) is 0. The van der Waals surface area contributed by atoms with E-state index in [1.54, 1.807) is 30.9 Å². The Bertz CT molecular complexity index is 562. The molecule has 1 heterocycles. The monoisotopic (exact) mass is 354 g/mol. The summed E-state index contributed by atoms with van der Waals surface area (Å²) in [6.07, 6.45) is -0.158. The Morgan fingerprint density at radius 1 is 1.38 bits per heavy atom. The average molecular weight is 355 g/mol. The summed E-state index contributed by atoms with van der Waals surface area (Å²) >= 11 is 5.89. The molecule has 1 aliphatic rings. The van der Waals surface area contributed by atoms with Crippen LogP contribution in [0.3, 0.4) is 0 Å². The lowest BCUT2D eigenvalue weighted by molar-refractivity contribution is -0.147. The predicted molar refractivity (Wildman–Crippen MR) is 91.0 cm³/mol. The van der Waals surface area contributed by atoms with Gasteiger partial charge >= 0.3 is 12.0 Å². The van der Waals surface area contributed by atoms with Gasteiger partial charge in [-0.15, -0.1) is 0 Å². The maximum atomic E-state index is 12.2. The first-order valence-corrected chi connectivity index (χ1v) is 8.43. The van der Waals surface area contributed by atoms with Crippen molar-refractivity contribution in [2.75, 3.05) is 26.2 Å². The second-order valence-corrected chi connectivity index (χ2v) is 6.31. The fourth-order valence-electron chi connectivity index (χ4n) is 2.42. The zero-order chi connectivity index (χ0) is 17.5. The van der Waals surface area contributed by atoms with E-state index in [-0.39, 0.29) is 37.2 Å². The van der Waals surface area contributed by atoms with E-state index in [1.165, 1.54) is 0 Å². The number of morpholine rings is 1. The molecule has 0 aromatic heterocycles. The van der Waals surface area contributed by atoms with Gasteiger partial charge in [0.25, 0.3) is 0 Å². The van der Waals surface area contributed by atoms with Crippen molar-refractivity contribution < 1.29 is 19.1 Å². The molecule has 7 heteroatoms. The lowest BCUT2D eigenvalue weighted by atomic mass is 10.1. The number of rotatable bonds is 5. The molecule has 0 aliphatic carbocycles. The summed E-state index contributed by atoms with van der Waals surface area (Å²) < 4.78 is 10.8. The van der Waals surface area contributed by atoms with E-state index in [9.17, 15) is 9.59 Å². The van der Waals surface area contributed by atoms with Gasteiger partial charge in [-0.2, -0.15) is 0 Å². The lowest BCUT2D eigenvalue weighted by Crippen LogP contribution is -2.47. The van der Waals surface area contributed by atoms with Gasteiger partial charge in [0.2, 0.25) is 0 Å². The number of amides is 2. The standard InChI is InChI=1S/C17H23ClN2O4/c1-12(2)24-16(21)7-8-19-17(22)20-9-10-23-15(11-20)13-3-5-14(18)6-4-13/h3-6,12,15H,7-11H2,1-2H3,(H,19,22). The number of hydrogen-bond donors (Lipinski definition) is 1. The maximum absolute atomic E-state index is 12.2. The fourth-order valence-corrected chi connectivity index (χ4v) is 2.54. The van der Waals surface area contributed by atoms with Gasteiger partial charge in [0.05, 0.1) is 25.7 Å². The number of benzene rings is 1. The molecule has 1 aromatic carbocycles. The van der Waals surface area contributed by atoms with E-state index in [4.69, 9.17) is 21.1 Å². The van der Waals surface area contributed by atoms with Gasteiger partial charge < -0.3 is 19.7 Å². The molecule has 1 unspecified atom stereocenters. The van der Waals surface area contributed by atoms with Crippen LogP contribution in [0.2, 0.25) is 5.02 Å². The van der Waals surface area contributed by atoms with E-state index in [2.05, 4.69) is 5.32 Å². The largest absolute Gasteiger partial charge is 0.463 e. The smallest absolute Gasteiger partial charge is 0.317 e. The molecule has 2 amide bonds. The van der Waals surface area contributed by atoms with E-state index in [1.807, 2.05) is 12.1 Å². The highest BCUT2D eigenvalue weighted by Gasteiger charge is 2.25. The van der Waals surface area contributed by atoms with Crippen molar-refractivity contribution in [3.8, 4) is 0 Å². The molecule has 0 radical (unpaired) electrons. The van der Waals surface area contributed by atoms with Gasteiger partial charge in [-0.05, 0) is 31.5 Å². The van der Waals surface area contributed by atoms with Crippen LogP contribution in [0.5, 0.6) is 0 Å². The van der Waals surface area contributed by atoms with Crippen LogP contribution in [0.15, 0.2) is 24.3 Å². The van der Waals surface area contributed by atoms with Crippen molar-refractivity contribution in [1.82, 2.24) is 10.2 Å². The number of esters is 1. The zero-order valence-corrected chi connectivity index (χ0v) is 14.7. The van der Waals surface area contributed by atoms with Gasteiger partial charge in [0.15, 0.2) is 0 Å². The number of nitrogens with zero attached hydrogens (tertiary/aromatic N) is 1. The molecular weight excluding hydrogens is 332 g/mol. The molecule has 0 spiro atoms. The Morgan fingerprint density at radius 2 is 2.08 bits per heavy atom. The summed E-state index contributed by atoms with van der Waals surface area (Å²) in [5.41, 5.74) is 0.984. The molecule has 24 heavy (non-hydrogen) atoms. The Labute approximate surface area is 147 Å². The first kappa shape index (κ1) is 18.5. The Hall–Kier alpha value is -1.79. The van der Waals surface area contributed by atoms with Crippen LogP contribution in [-0.2, 0) is 14.3 Å². The van der Waals surface area contributed by atoms with Crippen molar-refractivity contribution >= 4 is 23.6 Å². The normalized spacial score (nSPS) is 17.7. The molecule has 1 saturated heterocycles. The third kappa shape index (κ3) is 5.69. The SMILES string of the molecule is CC(C)OC(=O)CCNC(=O)N1CCOC(c2ccc(Cl)cc2)C1. The van der Waals surface area contributed by atoms with Crippen LogP contribution < -0.4 is 5.32 Å². The van der Waals surface area contributed by atoms with Gasteiger partial charge in [0.1, 0.15) is 6.10 Å². The van der Waals surface area contributed by atoms with Crippen LogP contribution in [0.4, 0.5) is 4.79 Å². The molecule has 2 rings (SSSR count). The minimum absolute atomic E-state index is 0.146. The van der Waals surface area contributed by atoms with Gasteiger partial charge in [-0.1, -0.05) is 23.7 Å². The Kier molecular flexibility index (Phi) is 6.87. The van der Waals surface area contributed by atoms with Crippen LogP contribution >= 0.6 is 11.6 Å². The number of carbonyl (C=O) groups is 2. The van der Waals surface area contributed by atoms with Crippen LogP contribution in [0.25, 0.3) is 0 Å². The summed E-state index contributed by atoms with van der Waals surface area (Å²) in [5, 5.41) is 3.41. The van der Waals surface area contributed by atoms with Crippen LogP contribution in [0.1, 0.15) is 31.9 Å².